The fraction of sp³-hybridized carbons (Fsp3) is 0.0952. The molecule has 24 heavy (non-hydrogen) atoms. The summed E-state index contributed by atoms with van der Waals surface area (Å²) in [6.07, 6.45) is 3.49. The van der Waals surface area contributed by atoms with E-state index in [4.69, 9.17) is 0 Å². The molecule has 0 saturated heterocycles. The minimum Gasteiger partial charge on any atom is -0.289 e. The lowest BCUT2D eigenvalue weighted by Gasteiger charge is -2.11. The largest absolute Gasteiger partial charge is 0.289 e. The average molecular weight is 312 g/mol. The Kier molecular flexibility index (Phi) is 3.35. The molecule has 2 aromatic heterocycles. The van der Waals surface area contributed by atoms with Crippen LogP contribution in [0.3, 0.4) is 0 Å². The van der Waals surface area contributed by atoms with Crippen LogP contribution < -0.4 is 0 Å². The molecule has 0 atom stereocenters. The molecular formula is C21H16N2O. The summed E-state index contributed by atoms with van der Waals surface area (Å²) in [4.78, 5) is 22.1. The zero-order valence-electron chi connectivity index (χ0n) is 13.6. The van der Waals surface area contributed by atoms with Gasteiger partial charge in [-0.1, -0.05) is 29.8 Å². The molecule has 0 N–H and O–H groups in total. The molecule has 4 rings (SSSR count). The fourth-order valence-electron chi connectivity index (χ4n) is 3.09. The van der Waals surface area contributed by atoms with Crippen molar-refractivity contribution in [3.63, 3.8) is 0 Å². The van der Waals surface area contributed by atoms with Gasteiger partial charge >= 0.3 is 0 Å². The fourth-order valence-corrected chi connectivity index (χ4v) is 3.09. The van der Waals surface area contributed by atoms with Crippen LogP contribution in [0.25, 0.3) is 21.8 Å². The molecule has 116 valence electrons. The Labute approximate surface area is 140 Å². The molecule has 4 aromatic rings. The first kappa shape index (κ1) is 14.5. The van der Waals surface area contributed by atoms with Gasteiger partial charge in [-0.05, 0) is 43.7 Å². The van der Waals surface area contributed by atoms with Crippen molar-refractivity contribution >= 4 is 27.6 Å². The number of hydrogen-bond donors (Lipinski definition) is 0. The van der Waals surface area contributed by atoms with Gasteiger partial charge in [0, 0.05) is 34.3 Å². The zero-order valence-corrected chi connectivity index (χ0v) is 13.6. The van der Waals surface area contributed by atoms with Crippen LogP contribution in [0.15, 0.2) is 60.9 Å². The van der Waals surface area contributed by atoms with Gasteiger partial charge in [0.2, 0.25) is 0 Å². The van der Waals surface area contributed by atoms with E-state index in [1.165, 1.54) is 0 Å². The van der Waals surface area contributed by atoms with Crippen LogP contribution in [0.2, 0.25) is 0 Å². The van der Waals surface area contributed by atoms with Crippen LogP contribution in [-0.2, 0) is 0 Å². The molecule has 2 heterocycles. The summed E-state index contributed by atoms with van der Waals surface area (Å²) in [6.45, 7) is 3.97. The molecule has 0 aliphatic carbocycles. The first-order valence-electron chi connectivity index (χ1n) is 7.89. The molecule has 0 bridgehead atoms. The molecule has 0 unspecified atom stereocenters. The predicted octanol–water partition coefficient (Wildman–Crippen LogP) is 4.63. The molecule has 0 amide bonds. The SMILES string of the molecule is Cc1ccc(C)c(C(=O)c2cc3cccnc3c3ncccc23)c1. The smallest absolute Gasteiger partial charge is 0.194 e. The van der Waals surface area contributed by atoms with Crippen molar-refractivity contribution in [2.24, 2.45) is 0 Å². The summed E-state index contributed by atoms with van der Waals surface area (Å²) in [5, 5.41) is 1.77. The van der Waals surface area contributed by atoms with Gasteiger partial charge in [0.15, 0.2) is 5.78 Å². The first-order valence-corrected chi connectivity index (χ1v) is 7.89. The highest BCUT2D eigenvalue weighted by molar-refractivity contribution is 6.21. The Morgan fingerprint density at radius 2 is 1.58 bits per heavy atom. The standard InChI is InChI=1S/C21H16N2O/c1-13-7-8-14(2)17(11-13)21(24)18-12-15-5-3-9-22-19(15)20-16(18)6-4-10-23-20/h3-12H,1-2H3. The van der Waals surface area contributed by atoms with Crippen molar-refractivity contribution in [3.8, 4) is 0 Å². The first-order chi connectivity index (χ1) is 11.6. The highest BCUT2D eigenvalue weighted by Crippen LogP contribution is 2.28. The molecular weight excluding hydrogens is 296 g/mol. The Balaban J connectivity index is 2.05. The summed E-state index contributed by atoms with van der Waals surface area (Å²) in [6, 6.07) is 15.5. The van der Waals surface area contributed by atoms with Crippen LogP contribution in [0.1, 0.15) is 27.0 Å². The minimum absolute atomic E-state index is 0.0277. The lowest BCUT2D eigenvalue weighted by Crippen LogP contribution is -2.06. The van der Waals surface area contributed by atoms with Gasteiger partial charge in [0.05, 0.1) is 11.0 Å². The number of ketones is 1. The number of rotatable bonds is 2. The van der Waals surface area contributed by atoms with Gasteiger partial charge < -0.3 is 0 Å². The minimum atomic E-state index is 0.0277. The maximum atomic E-state index is 13.2. The zero-order chi connectivity index (χ0) is 16.7. The van der Waals surface area contributed by atoms with E-state index in [-0.39, 0.29) is 5.78 Å². The second-order valence-corrected chi connectivity index (χ2v) is 6.05. The van der Waals surface area contributed by atoms with E-state index >= 15 is 0 Å². The van der Waals surface area contributed by atoms with Gasteiger partial charge in [-0.25, -0.2) is 0 Å². The average Bonchev–Trinajstić information content (AvgIpc) is 2.62. The maximum absolute atomic E-state index is 13.2. The predicted molar refractivity (Wildman–Crippen MR) is 96.4 cm³/mol. The third kappa shape index (κ3) is 2.26. The number of carbonyl (C=O) groups excluding carboxylic acids is 1. The Hall–Kier alpha value is -3.07. The van der Waals surface area contributed by atoms with E-state index in [1.54, 1.807) is 12.4 Å². The van der Waals surface area contributed by atoms with Crippen molar-refractivity contribution in [3.05, 3.63) is 83.2 Å². The quantitative estimate of drug-likeness (QED) is 0.400. The van der Waals surface area contributed by atoms with Gasteiger partial charge in [-0.2, -0.15) is 0 Å². The molecule has 3 heteroatoms. The highest BCUT2D eigenvalue weighted by atomic mass is 16.1. The Morgan fingerprint density at radius 1 is 0.833 bits per heavy atom. The van der Waals surface area contributed by atoms with Crippen molar-refractivity contribution in [1.82, 2.24) is 9.97 Å². The third-order valence-corrected chi connectivity index (χ3v) is 4.34. The van der Waals surface area contributed by atoms with Crippen LogP contribution in [0.5, 0.6) is 0 Å². The summed E-state index contributed by atoms with van der Waals surface area (Å²) in [7, 11) is 0. The summed E-state index contributed by atoms with van der Waals surface area (Å²) in [5.74, 6) is 0.0277. The van der Waals surface area contributed by atoms with Gasteiger partial charge in [0.1, 0.15) is 0 Å². The number of pyridine rings is 2. The number of aryl methyl sites for hydroxylation is 2. The number of hydrogen-bond acceptors (Lipinski definition) is 3. The summed E-state index contributed by atoms with van der Waals surface area (Å²) < 4.78 is 0. The van der Waals surface area contributed by atoms with E-state index in [0.29, 0.717) is 5.56 Å². The van der Waals surface area contributed by atoms with E-state index < -0.39 is 0 Å². The number of aromatic nitrogens is 2. The molecule has 0 aliphatic rings. The van der Waals surface area contributed by atoms with Gasteiger partial charge in [-0.3, -0.25) is 14.8 Å². The molecule has 0 fully saturated rings. The normalized spacial score (nSPS) is 11.1. The molecule has 0 radical (unpaired) electrons. The number of fused-ring (bicyclic) bond motifs is 3. The second kappa shape index (κ2) is 5.53. The van der Waals surface area contributed by atoms with Gasteiger partial charge in [0.25, 0.3) is 0 Å². The van der Waals surface area contributed by atoms with Gasteiger partial charge in [-0.15, -0.1) is 0 Å². The number of benzene rings is 2. The lowest BCUT2D eigenvalue weighted by molar-refractivity contribution is 0.103. The Bertz CT molecular complexity index is 1100. The molecule has 0 spiro atoms. The number of carbonyl (C=O) groups is 1. The summed E-state index contributed by atoms with van der Waals surface area (Å²) in [5.41, 5.74) is 5.06. The second-order valence-electron chi connectivity index (χ2n) is 6.05. The van der Waals surface area contributed by atoms with Crippen molar-refractivity contribution < 1.29 is 4.79 Å². The van der Waals surface area contributed by atoms with E-state index in [0.717, 1.165) is 38.5 Å². The molecule has 2 aromatic carbocycles. The molecule has 0 aliphatic heterocycles. The number of nitrogens with zero attached hydrogens (tertiary/aromatic N) is 2. The lowest BCUT2D eigenvalue weighted by atomic mass is 9.93. The van der Waals surface area contributed by atoms with Crippen LogP contribution in [0.4, 0.5) is 0 Å². The third-order valence-electron chi connectivity index (χ3n) is 4.34. The maximum Gasteiger partial charge on any atom is 0.194 e. The van der Waals surface area contributed by atoms with E-state index in [2.05, 4.69) is 9.97 Å². The van der Waals surface area contributed by atoms with E-state index in [1.807, 2.05) is 62.4 Å². The molecule has 0 saturated carbocycles. The van der Waals surface area contributed by atoms with Crippen molar-refractivity contribution in [2.75, 3.05) is 0 Å². The highest BCUT2D eigenvalue weighted by Gasteiger charge is 2.17. The van der Waals surface area contributed by atoms with Crippen molar-refractivity contribution in [2.45, 2.75) is 13.8 Å². The topological polar surface area (TPSA) is 42.9 Å². The van der Waals surface area contributed by atoms with E-state index in [9.17, 15) is 4.79 Å². The van der Waals surface area contributed by atoms with Crippen LogP contribution in [-0.4, -0.2) is 15.8 Å². The Morgan fingerprint density at radius 3 is 2.42 bits per heavy atom. The van der Waals surface area contributed by atoms with Crippen LogP contribution in [0, 0.1) is 13.8 Å². The summed E-state index contributed by atoms with van der Waals surface area (Å²) >= 11 is 0. The van der Waals surface area contributed by atoms with Crippen LogP contribution >= 0.6 is 0 Å². The monoisotopic (exact) mass is 312 g/mol. The molecule has 3 nitrogen and oxygen atoms in total. The van der Waals surface area contributed by atoms with Crippen molar-refractivity contribution in [1.29, 1.82) is 0 Å².